The highest BCUT2D eigenvalue weighted by atomic mass is 16.5. The minimum absolute atomic E-state index is 0.0989. The van der Waals surface area contributed by atoms with Gasteiger partial charge in [-0.25, -0.2) is 4.79 Å². The molecule has 33 heavy (non-hydrogen) atoms. The highest BCUT2D eigenvalue weighted by Gasteiger charge is 2.52. The average molecular weight is 449 g/mol. The number of carbonyl (C=O) groups excluding carboxylic acids is 2. The molecule has 0 radical (unpaired) electrons. The topological polar surface area (TPSA) is 52.6 Å². The van der Waals surface area contributed by atoms with Gasteiger partial charge in [-0.3, -0.25) is 4.79 Å². The molecule has 0 bridgehead atoms. The number of hydrogen-bond acceptors (Lipinski definition) is 4. The van der Waals surface area contributed by atoms with Crippen LogP contribution in [0.25, 0.3) is 0 Å². The van der Waals surface area contributed by atoms with Crippen molar-refractivity contribution in [2.24, 2.45) is 23.2 Å². The molecule has 1 heterocycles. The summed E-state index contributed by atoms with van der Waals surface area (Å²) in [6.45, 7) is 8.47. The lowest BCUT2D eigenvalue weighted by molar-refractivity contribution is -0.150. The molecule has 0 saturated heterocycles. The third-order valence-corrected chi connectivity index (χ3v) is 8.20. The summed E-state index contributed by atoms with van der Waals surface area (Å²) in [7, 11) is 0. The Bertz CT molecular complexity index is 986. The van der Waals surface area contributed by atoms with Gasteiger partial charge in [0.2, 0.25) is 0 Å². The van der Waals surface area contributed by atoms with Crippen molar-refractivity contribution in [2.75, 3.05) is 0 Å². The van der Waals surface area contributed by atoms with Gasteiger partial charge in [0.1, 0.15) is 11.9 Å². The number of rotatable bonds is 6. The summed E-state index contributed by atoms with van der Waals surface area (Å²) in [4.78, 5) is 24.5. The van der Waals surface area contributed by atoms with Crippen molar-refractivity contribution in [2.45, 2.75) is 72.3 Å². The molecular formula is C29H36O4. The van der Waals surface area contributed by atoms with E-state index in [1.807, 2.05) is 36.4 Å². The monoisotopic (exact) mass is 448 g/mol. The fraction of sp³-hybridized carbons (Fsp3) is 0.517. The molecule has 0 amide bonds. The minimum Gasteiger partial charge on any atom is -0.458 e. The first-order chi connectivity index (χ1) is 15.8. The molecule has 5 unspecified atom stereocenters. The molecule has 1 aliphatic heterocycles. The Morgan fingerprint density at radius 1 is 1.24 bits per heavy atom. The molecule has 0 N–H and O–H groups in total. The molecule has 1 aromatic carbocycles. The molecule has 176 valence electrons. The first kappa shape index (κ1) is 23.5. The second-order valence-electron chi connectivity index (χ2n) is 10.3. The molecule has 0 aromatic heterocycles. The van der Waals surface area contributed by atoms with Crippen molar-refractivity contribution < 1.29 is 19.1 Å². The van der Waals surface area contributed by atoms with Gasteiger partial charge < -0.3 is 9.47 Å². The highest BCUT2D eigenvalue weighted by Crippen LogP contribution is 2.58. The smallest absolute Gasteiger partial charge is 0.339 e. The van der Waals surface area contributed by atoms with E-state index >= 15 is 0 Å². The zero-order valence-electron chi connectivity index (χ0n) is 20.3. The number of cyclic esters (lactones) is 1. The zero-order chi connectivity index (χ0) is 23.6. The fourth-order valence-electron chi connectivity index (χ4n) is 6.12. The molecule has 2 aliphatic carbocycles. The van der Waals surface area contributed by atoms with Crippen LogP contribution in [0, 0.1) is 23.2 Å². The van der Waals surface area contributed by atoms with Crippen LogP contribution in [0.1, 0.15) is 65.4 Å². The number of esters is 2. The van der Waals surface area contributed by atoms with Crippen LogP contribution >= 0.6 is 0 Å². The lowest BCUT2D eigenvalue weighted by Gasteiger charge is -2.45. The third-order valence-electron chi connectivity index (χ3n) is 8.20. The molecule has 3 aliphatic rings. The number of hydrogen-bond donors (Lipinski definition) is 0. The fourth-order valence-corrected chi connectivity index (χ4v) is 6.12. The predicted octanol–water partition coefficient (Wildman–Crippen LogP) is 6.33. The van der Waals surface area contributed by atoms with Crippen molar-refractivity contribution in [1.82, 2.24) is 0 Å². The standard InChI is InChI=1S/C29H36O4/c1-19-14-15-29(18-26(19)33-27(30)13-11-23-8-6-5-7-9-23)22(4)10-12-25(29)20(2)16-24-17-21(3)28(31)32-24/h5-9,14,16-17,20,22,25-26H,10-13,15,18H2,1-4H3. The van der Waals surface area contributed by atoms with Gasteiger partial charge in [-0.1, -0.05) is 50.3 Å². The van der Waals surface area contributed by atoms with Crippen molar-refractivity contribution in [1.29, 1.82) is 0 Å². The van der Waals surface area contributed by atoms with Gasteiger partial charge in [-0.2, -0.15) is 0 Å². The maximum Gasteiger partial charge on any atom is 0.339 e. The second kappa shape index (κ2) is 9.70. The number of aryl methyl sites for hydroxylation is 1. The SMILES string of the molecule is CC1=CC(=CC(C)C2CCC(C)C23CC=C(C)C(OC(=O)CCc2ccccc2)C3)OC1=O. The van der Waals surface area contributed by atoms with Gasteiger partial charge in [0.25, 0.3) is 0 Å². The maximum absolute atomic E-state index is 12.7. The molecule has 1 fully saturated rings. The van der Waals surface area contributed by atoms with Crippen LogP contribution in [0.2, 0.25) is 0 Å². The highest BCUT2D eigenvalue weighted by molar-refractivity contribution is 5.92. The van der Waals surface area contributed by atoms with E-state index < -0.39 is 0 Å². The van der Waals surface area contributed by atoms with Crippen LogP contribution in [0.3, 0.4) is 0 Å². The van der Waals surface area contributed by atoms with Crippen LogP contribution in [0.15, 0.2) is 65.5 Å². The molecule has 4 nitrogen and oxygen atoms in total. The minimum atomic E-state index is -0.248. The Hall–Kier alpha value is -2.62. The van der Waals surface area contributed by atoms with Crippen molar-refractivity contribution >= 4 is 11.9 Å². The third kappa shape index (κ3) is 5.00. The quantitative estimate of drug-likeness (QED) is 0.377. The van der Waals surface area contributed by atoms with Gasteiger partial charge in [-0.05, 0) is 92.4 Å². The van der Waals surface area contributed by atoms with Crippen LogP contribution in [0.4, 0.5) is 0 Å². The summed E-state index contributed by atoms with van der Waals surface area (Å²) < 4.78 is 11.5. The molecule has 4 rings (SSSR count). The molecule has 5 atom stereocenters. The van der Waals surface area contributed by atoms with E-state index in [1.165, 1.54) is 12.0 Å². The lowest BCUT2D eigenvalue weighted by atomic mass is 9.60. The Labute approximate surface area is 197 Å². The average Bonchev–Trinajstić information content (AvgIpc) is 3.28. The first-order valence-electron chi connectivity index (χ1n) is 12.3. The molecule has 1 saturated carbocycles. The van der Waals surface area contributed by atoms with Gasteiger partial charge in [-0.15, -0.1) is 0 Å². The molecule has 1 aromatic rings. The van der Waals surface area contributed by atoms with Crippen LogP contribution in [-0.4, -0.2) is 18.0 Å². The maximum atomic E-state index is 12.7. The summed E-state index contributed by atoms with van der Waals surface area (Å²) in [5, 5.41) is 0. The van der Waals surface area contributed by atoms with E-state index in [4.69, 9.17) is 9.47 Å². The zero-order valence-corrected chi connectivity index (χ0v) is 20.3. The number of carbonyl (C=O) groups is 2. The summed E-state index contributed by atoms with van der Waals surface area (Å²) >= 11 is 0. The van der Waals surface area contributed by atoms with Crippen molar-refractivity contribution in [3.05, 3.63) is 71.0 Å². The van der Waals surface area contributed by atoms with E-state index in [2.05, 4.69) is 32.9 Å². The number of allylic oxidation sites excluding steroid dienone is 3. The number of benzene rings is 1. The van der Waals surface area contributed by atoms with Crippen LogP contribution < -0.4 is 0 Å². The lowest BCUT2D eigenvalue weighted by Crippen LogP contribution is -2.41. The Morgan fingerprint density at radius 2 is 2.00 bits per heavy atom. The van der Waals surface area contributed by atoms with Crippen molar-refractivity contribution in [3.63, 3.8) is 0 Å². The Balaban J connectivity index is 1.45. The van der Waals surface area contributed by atoms with E-state index in [-0.39, 0.29) is 29.4 Å². The largest absolute Gasteiger partial charge is 0.458 e. The Morgan fingerprint density at radius 3 is 2.70 bits per heavy atom. The van der Waals surface area contributed by atoms with Gasteiger partial charge in [0, 0.05) is 12.0 Å². The van der Waals surface area contributed by atoms with Gasteiger partial charge in [0.05, 0.1) is 0 Å². The van der Waals surface area contributed by atoms with E-state index in [0.29, 0.717) is 36.0 Å². The predicted molar refractivity (Wildman–Crippen MR) is 129 cm³/mol. The second-order valence-corrected chi connectivity index (χ2v) is 10.3. The summed E-state index contributed by atoms with van der Waals surface area (Å²) in [6.07, 6.45) is 11.4. The van der Waals surface area contributed by atoms with Crippen molar-refractivity contribution in [3.8, 4) is 0 Å². The first-order valence-corrected chi connectivity index (χ1v) is 12.3. The molecular weight excluding hydrogens is 412 g/mol. The van der Waals surface area contributed by atoms with Gasteiger partial charge in [0.15, 0.2) is 0 Å². The summed E-state index contributed by atoms with van der Waals surface area (Å²) in [5.41, 5.74) is 3.08. The summed E-state index contributed by atoms with van der Waals surface area (Å²) in [6, 6.07) is 10.1. The van der Waals surface area contributed by atoms with E-state index in [0.717, 1.165) is 24.8 Å². The van der Waals surface area contributed by atoms with Crippen LogP contribution in [-0.2, 0) is 25.5 Å². The molecule has 4 heteroatoms. The Kier molecular flexibility index (Phi) is 6.92. The van der Waals surface area contributed by atoms with E-state index in [9.17, 15) is 9.59 Å². The number of ether oxygens (including phenoxy) is 2. The summed E-state index contributed by atoms with van der Waals surface area (Å²) in [5.74, 6) is 1.60. The van der Waals surface area contributed by atoms with E-state index in [1.54, 1.807) is 6.92 Å². The molecule has 1 spiro atoms. The van der Waals surface area contributed by atoms with Crippen LogP contribution in [0.5, 0.6) is 0 Å². The van der Waals surface area contributed by atoms with Gasteiger partial charge >= 0.3 is 11.9 Å². The normalized spacial score (nSPS) is 31.3.